The fraction of sp³-hybridized carbons (Fsp3) is 0.278. The topological polar surface area (TPSA) is 29.1 Å². The summed E-state index contributed by atoms with van der Waals surface area (Å²) in [4.78, 5) is 11.8. The number of nitrogens with one attached hydrogen (secondary N) is 1. The van der Waals surface area contributed by atoms with Gasteiger partial charge in [0, 0.05) is 12.3 Å². The third kappa shape index (κ3) is 5.27. The molecular formula is C18H21NOS. The number of hydrogen-bond donors (Lipinski definition) is 1. The molecule has 0 heterocycles. The summed E-state index contributed by atoms with van der Waals surface area (Å²) >= 11 is 1.65. The Balaban J connectivity index is 1.72. The van der Waals surface area contributed by atoms with Crippen LogP contribution in [-0.4, -0.2) is 11.7 Å². The molecule has 0 unspecified atom stereocenters. The van der Waals surface area contributed by atoms with Crippen LogP contribution < -0.4 is 5.32 Å². The van der Waals surface area contributed by atoms with Gasteiger partial charge in [0.2, 0.25) is 5.91 Å². The first-order valence-electron chi connectivity index (χ1n) is 7.09. The van der Waals surface area contributed by atoms with E-state index in [1.165, 1.54) is 16.7 Å². The number of hydrogen-bond acceptors (Lipinski definition) is 2. The monoisotopic (exact) mass is 299 g/mol. The third-order valence-corrected chi connectivity index (χ3v) is 4.31. The number of thioether (sulfide) groups is 1. The average Bonchev–Trinajstić information content (AvgIpc) is 2.47. The molecule has 0 aliphatic carbocycles. The summed E-state index contributed by atoms with van der Waals surface area (Å²) in [5, 5.41) is 2.97. The van der Waals surface area contributed by atoms with Gasteiger partial charge >= 0.3 is 0 Å². The second kappa shape index (κ2) is 7.89. The first-order chi connectivity index (χ1) is 10.1. The van der Waals surface area contributed by atoms with E-state index in [1.54, 1.807) is 11.8 Å². The lowest BCUT2D eigenvalue weighted by Gasteiger charge is -2.07. The number of carbonyl (C=O) groups excluding carboxylic acids is 1. The maximum absolute atomic E-state index is 11.8. The van der Waals surface area contributed by atoms with Crippen LogP contribution in [0.25, 0.3) is 0 Å². The Hall–Kier alpha value is -1.74. The van der Waals surface area contributed by atoms with Crippen molar-refractivity contribution in [3.63, 3.8) is 0 Å². The van der Waals surface area contributed by atoms with Crippen molar-refractivity contribution in [1.82, 2.24) is 5.32 Å². The van der Waals surface area contributed by atoms with E-state index >= 15 is 0 Å². The van der Waals surface area contributed by atoms with Crippen LogP contribution in [0.2, 0.25) is 0 Å². The molecule has 21 heavy (non-hydrogen) atoms. The maximum atomic E-state index is 11.8. The molecule has 0 spiro atoms. The predicted molar refractivity (Wildman–Crippen MR) is 90.4 cm³/mol. The SMILES string of the molecule is Cc1cccc(CNC(=O)CSCc2ccccc2C)c1. The van der Waals surface area contributed by atoms with E-state index in [-0.39, 0.29) is 5.91 Å². The van der Waals surface area contributed by atoms with Crippen LogP contribution in [0.4, 0.5) is 0 Å². The van der Waals surface area contributed by atoms with E-state index in [1.807, 2.05) is 24.3 Å². The molecule has 3 heteroatoms. The van der Waals surface area contributed by atoms with Crippen LogP contribution in [0.15, 0.2) is 48.5 Å². The second-order valence-electron chi connectivity index (χ2n) is 5.19. The largest absolute Gasteiger partial charge is 0.351 e. The molecule has 0 atom stereocenters. The molecule has 110 valence electrons. The highest BCUT2D eigenvalue weighted by Gasteiger charge is 2.03. The normalized spacial score (nSPS) is 10.4. The molecule has 2 nitrogen and oxygen atoms in total. The Bertz CT molecular complexity index is 610. The fourth-order valence-corrected chi connectivity index (χ4v) is 3.03. The van der Waals surface area contributed by atoms with E-state index in [0.717, 1.165) is 11.3 Å². The first-order valence-corrected chi connectivity index (χ1v) is 8.25. The minimum atomic E-state index is 0.0927. The Labute approximate surface area is 131 Å². The highest BCUT2D eigenvalue weighted by atomic mass is 32.2. The Morgan fingerprint density at radius 1 is 1.10 bits per heavy atom. The van der Waals surface area contributed by atoms with Crippen molar-refractivity contribution in [2.24, 2.45) is 0 Å². The summed E-state index contributed by atoms with van der Waals surface area (Å²) in [7, 11) is 0. The van der Waals surface area contributed by atoms with Gasteiger partial charge in [-0.15, -0.1) is 11.8 Å². The van der Waals surface area contributed by atoms with Gasteiger partial charge in [-0.2, -0.15) is 0 Å². The van der Waals surface area contributed by atoms with Crippen molar-refractivity contribution >= 4 is 17.7 Å². The predicted octanol–water partition coefficient (Wildman–Crippen LogP) is 3.85. The van der Waals surface area contributed by atoms with Crippen molar-refractivity contribution in [3.05, 3.63) is 70.8 Å². The first kappa shape index (κ1) is 15.6. The lowest BCUT2D eigenvalue weighted by Crippen LogP contribution is -2.24. The molecule has 2 aromatic carbocycles. The van der Waals surface area contributed by atoms with E-state index in [9.17, 15) is 4.79 Å². The molecule has 2 rings (SSSR count). The number of benzene rings is 2. The zero-order chi connectivity index (χ0) is 15.1. The zero-order valence-electron chi connectivity index (χ0n) is 12.6. The van der Waals surface area contributed by atoms with Gasteiger partial charge in [0.1, 0.15) is 0 Å². The van der Waals surface area contributed by atoms with Crippen LogP contribution in [0.1, 0.15) is 22.3 Å². The molecule has 0 aromatic heterocycles. The summed E-state index contributed by atoms with van der Waals surface area (Å²) < 4.78 is 0. The number of amides is 1. The van der Waals surface area contributed by atoms with Gasteiger partial charge in [-0.3, -0.25) is 4.79 Å². The van der Waals surface area contributed by atoms with Crippen molar-refractivity contribution in [3.8, 4) is 0 Å². The van der Waals surface area contributed by atoms with Crippen molar-refractivity contribution in [2.45, 2.75) is 26.1 Å². The third-order valence-electron chi connectivity index (χ3n) is 3.32. The van der Waals surface area contributed by atoms with E-state index < -0.39 is 0 Å². The van der Waals surface area contributed by atoms with Gasteiger partial charge in [0.15, 0.2) is 0 Å². The van der Waals surface area contributed by atoms with Gasteiger partial charge in [0.05, 0.1) is 5.75 Å². The molecule has 0 radical (unpaired) electrons. The number of rotatable bonds is 6. The highest BCUT2D eigenvalue weighted by molar-refractivity contribution is 7.99. The summed E-state index contributed by atoms with van der Waals surface area (Å²) in [6.07, 6.45) is 0. The summed E-state index contributed by atoms with van der Waals surface area (Å²) in [5.41, 5.74) is 4.95. The lowest BCUT2D eigenvalue weighted by molar-refractivity contribution is -0.118. The van der Waals surface area contributed by atoms with Crippen LogP contribution in [-0.2, 0) is 17.1 Å². The number of aryl methyl sites for hydroxylation is 2. The smallest absolute Gasteiger partial charge is 0.230 e. The maximum Gasteiger partial charge on any atom is 0.230 e. The Kier molecular flexibility index (Phi) is 5.88. The molecule has 1 N–H and O–H groups in total. The molecule has 0 saturated carbocycles. The van der Waals surface area contributed by atoms with Crippen molar-refractivity contribution in [1.29, 1.82) is 0 Å². The van der Waals surface area contributed by atoms with Gasteiger partial charge < -0.3 is 5.32 Å². The second-order valence-corrected chi connectivity index (χ2v) is 6.17. The minimum absolute atomic E-state index is 0.0927. The van der Waals surface area contributed by atoms with Crippen molar-refractivity contribution < 1.29 is 4.79 Å². The summed E-state index contributed by atoms with van der Waals surface area (Å²) in [6, 6.07) is 16.5. The van der Waals surface area contributed by atoms with Crippen molar-refractivity contribution in [2.75, 3.05) is 5.75 Å². The Morgan fingerprint density at radius 2 is 1.90 bits per heavy atom. The molecule has 0 aliphatic rings. The minimum Gasteiger partial charge on any atom is -0.351 e. The van der Waals surface area contributed by atoms with Gasteiger partial charge in [-0.1, -0.05) is 54.1 Å². The molecule has 0 bridgehead atoms. The van der Waals surface area contributed by atoms with Crippen LogP contribution in [0.5, 0.6) is 0 Å². The molecule has 0 fully saturated rings. The lowest BCUT2D eigenvalue weighted by atomic mass is 10.1. The Morgan fingerprint density at radius 3 is 2.67 bits per heavy atom. The molecule has 1 amide bonds. The highest BCUT2D eigenvalue weighted by Crippen LogP contribution is 2.15. The molecule has 0 saturated heterocycles. The number of carbonyl (C=O) groups is 1. The molecule has 2 aromatic rings. The van der Waals surface area contributed by atoms with Crippen LogP contribution >= 0.6 is 11.8 Å². The average molecular weight is 299 g/mol. The van der Waals surface area contributed by atoms with E-state index in [2.05, 4.69) is 43.4 Å². The quantitative estimate of drug-likeness (QED) is 0.877. The fourth-order valence-electron chi connectivity index (χ4n) is 2.10. The molecular weight excluding hydrogens is 278 g/mol. The standard InChI is InChI=1S/C18H21NOS/c1-14-6-5-8-16(10-14)11-19-18(20)13-21-12-17-9-4-3-7-15(17)2/h3-10H,11-13H2,1-2H3,(H,19,20). The van der Waals surface area contributed by atoms with Crippen LogP contribution in [0.3, 0.4) is 0 Å². The van der Waals surface area contributed by atoms with Gasteiger partial charge in [-0.05, 0) is 30.5 Å². The summed E-state index contributed by atoms with van der Waals surface area (Å²) in [5.74, 6) is 1.47. The van der Waals surface area contributed by atoms with E-state index in [0.29, 0.717) is 12.3 Å². The van der Waals surface area contributed by atoms with Gasteiger partial charge in [-0.25, -0.2) is 0 Å². The molecule has 0 aliphatic heterocycles. The van der Waals surface area contributed by atoms with Gasteiger partial charge in [0.25, 0.3) is 0 Å². The zero-order valence-corrected chi connectivity index (χ0v) is 13.4. The van der Waals surface area contributed by atoms with E-state index in [4.69, 9.17) is 0 Å². The van der Waals surface area contributed by atoms with Crippen LogP contribution in [0, 0.1) is 13.8 Å². The summed E-state index contributed by atoms with van der Waals surface area (Å²) in [6.45, 7) is 4.77.